The van der Waals surface area contributed by atoms with Crippen molar-refractivity contribution >= 4 is 0 Å². The molecule has 3 heteroatoms. The molecular weight excluding hydrogens is 226 g/mol. The number of benzene rings is 1. The topological polar surface area (TPSA) is 30.5 Å². The van der Waals surface area contributed by atoms with E-state index in [1.165, 1.54) is 12.8 Å². The van der Waals surface area contributed by atoms with E-state index < -0.39 is 0 Å². The van der Waals surface area contributed by atoms with Gasteiger partial charge >= 0.3 is 0 Å². The zero-order valence-corrected chi connectivity index (χ0v) is 11.0. The van der Waals surface area contributed by atoms with Crippen LogP contribution in [-0.4, -0.2) is 19.8 Å². The minimum Gasteiger partial charge on any atom is -0.497 e. The first-order valence-electron chi connectivity index (χ1n) is 6.26. The van der Waals surface area contributed by atoms with Gasteiger partial charge < -0.3 is 14.8 Å². The molecule has 1 aromatic rings. The van der Waals surface area contributed by atoms with Gasteiger partial charge in [0.2, 0.25) is 0 Å². The second kappa shape index (κ2) is 6.32. The molecule has 1 fully saturated rings. The highest BCUT2D eigenvalue weighted by Crippen LogP contribution is 2.26. The zero-order valence-electron chi connectivity index (χ0n) is 11.0. The van der Waals surface area contributed by atoms with E-state index in [0.29, 0.717) is 12.6 Å². The van der Waals surface area contributed by atoms with Crippen LogP contribution in [0, 0.1) is 11.8 Å². The Morgan fingerprint density at radius 1 is 1.39 bits per heavy atom. The standard InChI is InChI=1S/C15H19NO2/c1-3-4-9-18-15-10-14(17-2)8-5-12(15)11-16-13-6-7-13/h5,8,10,13,16H,6-7,9,11H2,1-2H3. The van der Waals surface area contributed by atoms with E-state index in [1.54, 1.807) is 7.11 Å². The van der Waals surface area contributed by atoms with E-state index in [-0.39, 0.29) is 0 Å². The highest BCUT2D eigenvalue weighted by Gasteiger charge is 2.20. The summed E-state index contributed by atoms with van der Waals surface area (Å²) >= 11 is 0. The first kappa shape index (κ1) is 12.8. The van der Waals surface area contributed by atoms with Crippen LogP contribution in [0.4, 0.5) is 0 Å². The van der Waals surface area contributed by atoms with Crippen molar-refractivity contribution in [2.45, 2.75) is 32.4 Å². The minimum atomic E-state index is 0.417. The van der Waals surface area contributed by atoms with Crippen LogP contribution in [0.15, 0.2) is 18.2 Å². The maximum absolute atomic E-state index is 5.68. The van der Waals surface area contributed by atoms with Gasteiger partial charge in [-0.15, -0.1) is 5.92 Å². The Hall–Kier alpha value is -1.66. The Morgan fingerprint density at radius 2 is 2.22 bits per heavy atom. The lowest BCUT2D eigenvalue weighted by atomic mass is 10.2. The number of rotatable bonds is 6. The number of hydrogen-bond acceptors (Lipinski definition) is 3. The van der Waals surface area contributed by atoms with Crippen molar-refractivity contribution in [3.05, 3.63) is 23.8 Å². The Bertz CT molecular complexity index is 455. The van der Waals surface area contributed by atoms with Gasteiger partial charge in [-0.05, 0) is 25.8 Å². The molecule has 18 heavy (non-hydrogen) atoms. The third kappa shape index (κ3) is 3.68. The summed E-state index contributed by atoms with van der Waals surface area (Å²) in [5, 5.41) is 3.48. The SMILES string of the molecule is CC#CCOc1cc(OC)ccc1CNC1CC1. The number of methoxy groups -OCH3 is 1. The molecule has 0 radical (unpaired) electrons. The monoisotopic (exact) mass is 245 g/mol. The van der Waals surface area contributed by atoms with Crippen molar-refractivity contribution in [3.63, 3.8) is 0 Å². The molecule has 0 spiro atoms. The second-order valence-electron chi connectivity index (χ2n) is 4.34. The van der Waals surface area contributed by atoms with E-state index in [4.69, 9.17) is 9.47 Å². The number of nitrogens with one attached hydrogen (secondary N) is 1. The largest absolute Gasteiger partial charge is 0.497 e. The quantitative estimate of drug-likeness (QED) is 0.780. The first-order valence-corrected chi connectivity index (χ1v) is 6.26. The Morgan fingerprint density at radius 3 is 2.89 bits per heavy atom. The first-order chi connectivity index (χ1) is 8.83. The van der Waals surface area contributed by atoms with Crippen LogP contribution in [-0.2, 0) is 6.54 Å². The molecule has 1 N–H and O–H groups in total. The van der Waals surface area contributed by atoms with Gasteiger partial charge in [0.15, 0.2) is 0 Å². The van der Waals surface area contributed by atoms with Crippen LogP contribution in [0.3, 0.4) is 0 Å². The molecule has 0 aliphatic heterocycles. The smallest absolute Gasteiger partial charge is 0.149 e. The fourth-order valence-electron chi connectivity index (χ4n) is 1.67. The average molecular weight is 245 g/mol. The van der Waals surface area contributed by atoms with Crippen molar-refractivity contribution in [2.24, 2.45) is 0 Å². The van der Waals surface area contributed by atoms with Crippen molar-refractivity contribution in [1.29, 1.82) is 0 Å². The molecular formula is C15H19NO2. The summed E-state index contributed by atoms with van der Waals surface area (Å²) in [6, 6.07) is 6.61. The van der Waals surface area contributed by atoms with Gasteiger partial charge in [0, 0.05) is 24.2 Å². The summed E-state index contributed by atoms with van der Waals surface area (Å²) < 4.78 is 10.9. The average Bonchev–Trinajstić information content (AvgIpc) is 3.21. The van der Waals surface area contributed by atoms with E-state index in [1.807, 2.05) is 25.1 Å². The molecule has 1 aromatic carbocycles. The van der Waals surface area contributed by atoms with Crippen LogP contribution in [0.1, 0.15) is 25.3 Å². The third-order valence-corrected chi connectivity index (χ3v) is 2.91. The summed E-state index contributed by atoms with van der Waals surface area (Å²) in [5.74, 6) is 7.39. The molecule has 0 bridgehead atoms. The summed E-state index contributed by atoms with van der Waals surface area (Å²) in [6.07, 6.45) is 2.57. The summed E-state index contributed by atoms with van der Waals surface area (Å²) in [4.78, 5) is 0. The summed E-state index contributed by atoms with van der Waals surface area (Å²) in [7, 11) is 1.66. The molecule has 0 atom stereocenters. The van der Waals surface area contributed by atoms with Gasteiger partial charge in [-0.2, -0.15) is 0 Å². The molecule has 0 saturated heterocycles. The molecule has 96 valence electrons. The lowest BCUT2D eigenvalue weighted by Gasteiger charge is -2.12. The molecule has 0 heterocycles. The Labute approximate surface area is 108 Å². The maximum atomic E-state index is 5.68. The molecule has 0 amide bonds. The van der Waals surface area contributed by atoms with Crippen LogP contribution >= 0.6 is 0 Å². The number of ether oxygens (including phenoxy) is 2. The fraction of sp³-hybridized carbons (Fsp3) is 0.467. The molecule has 2 rings (SSSR count). The molecule has 1 aliphatic carbocycles. The van der Waals surface area contributed by atoms with E-state index in [0.717, 1.165) is 23.6 Å². The normalized spacial score (nSPS) is 13.7. The van der Waals surface area contributed by atoms with Crippen LogP contribution in [0.5, 0.6) is 11.5 Å². The number of hydrogen-bond donors (Lipinski definition) is 1. The highest BCUT2D eigenvalue weighted by atomic mass is 16.5. The molecule has 1 saturated carbocycles. The van der Waals surface area contributed by atoms with Gasteiger partial charge in [0.05, 0.1) is 7.11 Å². The van der Waals surface area contributed by atoms with E-state index in [9.17, 15) is 0 Å². The van der Waals surface area contributed by atoms with Crippen LogP contribution in [0.2, 0.25) is 0 Å². The lowest BCUT2D eigenvalue weighted by Crippen LogP contribution is -2.16. The van der Waals surface area contributed by atoms with Gasteiger partial charge in [-0.1, -0.05) is 12.0 Å². The van der Waals surface area contributed by atoms with Crippen molar-refractivity contribution < 1.29 is 9.47 Å². The Balaban J connectivity index is 2.05. The van der Waals surface area contributed by atoms with Crippen LogP contribution < -0.4 is 14.8 Å². The summed E-state index contributed by atoms with van der Waals surface area (Å²) in [6.45, 7) is 3.06. The van der Waals surface area contributed by atoms with Crippen LogP contribution in [0.25, 0.3) is 0 Å². The zero-order chi connectivity index (χ0) is 12.8. The van der Waals surface area contributed by atoms with Gasteiger partial charge in [-0.25, -0.2) is 0 Å². The fourth-order valence-corrected chi connectivity index (χ4v) is 1.67. The predicted molar refractivity (Wildman–Crippen MR) is 71.8 cm³/mol. The second-order valence-corrected chi connectivity index (χ2v) is 4.34. The third-order valence-electron chi connectivity index (χ3n) is 2.91. The predicted octanol–water partition coefficient (Wildman–Crippen LogP) is 2.35. The molecule has 0 unspecified atom stereocenters. The lowest BCUT2D eigenvalue weighted by molar-refractivity contribution is 0.358. The molecule has 0 aromatic heterocycles. The van der Waals surface area contributed by atoms with Gasteiger partial charge in [0.25, 0.3) is 0 Å². The van der Waals surface area contributed by atoms with E-state index >= 15 is 0 Å². The molecule has 3 nitrogen and oxygen atoms in total. The van der Waals surface area contributed by atoms with Crippen molar-refractivity contribution in [2.75, 3.05) is 13.7 Å². The van der Waals surface area contributed by atoms with Crippen molar-refractivity contribution in [1.82, 2.24) is 5.32 Å². The van der Waals surface area contributed by atoms with Crippen molar-refractivity contribution in [3.8, 4) is 23.3 Å². The molecule has 1 aliphatic rings. The maximum Gasteiger partial charge on any atom is 0.149 e. The minimum absolute atomic E-state index is 0.417. The van der Waals surface area contributed by atoms with Gasteiger partial charge in [0.1, 0.15) is 18.1 Å². The summed E-state index contributed by atoms with van der Waals surface area (Å²) in [5.41, 5.74) is 1.15. The van der Waals surface area contributed by atoms with Gasteiger partial charge in [-0.3, -0.25) is 0 Å². The van der Waals surface area contributed by atoms with E-state index in [2.05, 4.69) is 17.2 Å². The Kier molecular flexibility index (Phi) is 4.49. The highest BCUT2D eigenvalue weighted by molar-refractivity contribution is 5.41.